The molecule has 0 bridgehead atoms. The van der Waals surface area contributed by atoms with Crippen LogP contribution < -0.4 is 4.84 Å². The number of carbonyl (C=O) groups is 1. The van der Waals surface area contributed by atoms with Gasteiger partial charge in [0.25, 0.3) is 0 Å². The number of unbranched alkanes of at least 4 members (excludes halogenated alkanes) is 3. The van der Waals surface area contributed by atoms with Crippen molar-refractivity contribution in [3.63, 3.8) is 0 Å². The van der Waals surface area contributed by atoms with E-state index in [-0.39, 0.29) is 5.97 Å². The molecular weight excluding hydrogens is 385 g/mol. The Labute approximate surface area is 155 Å². The van der Waals surface area contributed by atoms with E-state index < -0.39 is 0 Å². The standard InChI is InChI=1S/C19H23NO2SSe/c21-19(22-20-14-8-7-12-18(20)23)13-6-1-2-9-15-24-16-17-10-4-3-5-11-17/h3-5,7-8,10-12,14H,1-2,6,9,13,15-16H2. The van der Waals surface area contributed by atoms with Crippen molar-refractivity contribution in [2.75, 3.05) is 0 Å². The van der Waals surface area contributed by atoms with E-state index >= 15 is 0 Å². The zero-order valence-corrected chi connectivity index (χ0v) is 16.3. The van der Waals surface area contributed by atoms with Gasteiger partial charge >= 0.3 is 155 Å². The summed E-state index contributed by atoms with van der Waals surface area (Å²) in [5.74, 6) is -0.217. The number of hydrogen-bond donors (Lipinski definition) is 0. The van der Waals surface area contributed by atoms with Gasteiger partial charge in [-0.1, -0.05) is 0 Å². The molecule has 0 spiro atoms. The third-order valence-electron chi connectivity index (χ3n) is 3.52. The van der Waals surface area contributed by atoms with Gasteiger partial charge in [0.1, 0.15) is 0 Å². The Kier molecular flexibility index (Phi) is 8.82. The van der Waals surface area contributed by atoms with Crippen LogP contribution in [0.1, 0.15) is 37.7 Å². The molecule has 0 radical (unpaired) electrons. The molecule has 0 saturated heterocycles. The van der Waals surface area contributed by atoms with Crippen LogP contribution in [0.25, 0.3) is 0 Å². The van der Waals surface area contributed by atoms with Crippen molar-refractivity contribution in [1.29, 1.82) is 0 Å². The third-order valence-corrected chi connectivity index (χ3v) is 6.17. The van der Waals surface area contributed by atoms with Crippen molar-refractivity contribution < 1.29 is 9.63 Å². The van der Waals surface area contributed by atoms with Crippen molar-refractivity contribution in [3.05, 3.63) is 64.9 Å². The SMILES string of the molecule is O=C(CCCCCC[Se]Cc1ccccc1)On1ccccc1=S. The summed E-state index contributed by atoms with van der Waals surface area (Å²) in [6.45, 7) is 0. The van der Waals surface area contributed by atoms with Gasteiger partial charge in [-0.15, -0.1) is 0 Å². The molecule has 24 heavy (non-hydrogen) atoms. The average molecular weight is 408 g/mol. The first kappa shape index (κ1) is 18.9. The monoisotopic (exact) mass is 409 g/mol. The van der Waals surface area contributed by atoms with Crippen LogP contribution in [-0.2, 0) is 10.1 Å². The van der Waals surface area contributed by atoms with Crippen LogP contribution >= 0.6 is 12.2 Å². The van der Waals surface area contributed by atoms with Crippen molar-refractivity contribution in [2.45, 2.75) is 42.7 Å². The topological polar surface area (TPSA) is 31.2 Å². The van der Waals surface area contributed by atoms with Crippen molar-refractivity contribution in [3.8, 4) is 0 Å². The zero-order valence-electron chi connectivity index (χ0n) is 13.7. The summed E-state index contributed by atoms with van der Waals surface area (Å²) in [6, 6.07) is 16.0. The molecule has 0 unspecified atom stereocenters. The molecule has 2 aromatic rings. The summed E-state index contributed by atoms with van der Waals surface area (Å²) in [5, 5.41) is 2.53. The van der Waals surface area contributed by atoms with Gasteiger partial charge in [0.15, 0.2) is 0 Å². The van der Waals surface area contributed by atoms with E-state index in [0.29, 0.717) is 26.0 Å². The number of aromatic nitrogens is 1. The molecule has 0 N–H and O–H groups in total. The van der Waals surface area contributed by atoms with Gasteiger partial charge in [-0.2, -0.15) is 0 Å². The molecule has 3 nitrogen and oxygen atoms in total. The molecule has 0 aliphatic carbocycles. The summed E-state index contributed by atoms with van der Waals surface area (Å²) < 4.78 is 1.86. The van der Waals surface area contributed by atoms with Crippen LogP contribution in [0.4, 0.5) is 0 Å². The fraction of sp³-hybridized carbons (Fsp3) is 0.368. The maximum atomic E-state index is 11.8. The Bertz CT molecular complexity index is 672. The first-order valence-corrected chi connectivity index (χ1v) is 11.1. The molecule has 0 aliphatic heterocycles. The van der Waals surface area contributed by atoms with E-state index in [1.165, 1.54) is 33.8 Å². The Morgan fingerprint density at radius 2 is 1.75 bits per heavy atom. The average Bonchev–Trinajstić information content (AvgIpc) is 2.60. The number of nitrogens with zero attached hydrogens (tertiary/aromatic N) is 1. The predicted molar refractivity (Wildman–Crippen MR) is 101 cm³/mol. The van der Waals surface area contributed by atoms with Gasteiger partial charge in [-0.05, 0) is 0 Å². The number of pyridine rings is 1. The second kappa shape index (κ2) is 11.2. The summed E-state index contributed by atoms with van der Waals surface area (Å²) >= 11 is 5.77. The molecule has 1 aromatic carbocycles. The number of rotatable bonds is 10. The molecule has 128 valence electrons. The molecule has 0 amide bonds. The van der Waals surface area contributed by atoms with Gasteiger partial charge in [0, 0.05) is 0 Å². The zero-order chi connectivity index (χ0) is 17.0. The van der Waals surface area contributed by atoms with Crippen LogP contribution in [0.3, 0.4) is 0 Å². The fourth-order valence-electron chi connectivity index (χ4n) is 2.23. The van der Waals surface area contributed by atoms with E-state index in [4.69, 9.17) is 17.1 Å². The quantitative estimate of drug-likeness (QED) is 0.331. The molecule has 2 rings (SSSR count). The fourth-order valence-corrected chi connectivity index (χ4v) is 4.47. The van der Waals surface area contributed by atoms with E-state index in [1.54, 1.807) is 18.3 Å². The van der Waals surface area contributed by atoms with E-state index in [2.05, 4.69) is 30.3 Å². The first-order valence-electron chi connectivity index (χ1n) is 8.26. The van der Waals surface area contributed by atoms with Gasteiger partial charge in [0.2, 0.25) is 0 Å². The Hall–Kier alpha value is -1.42. The first-order chi connectivity index (χ1) is 11.8. The maximum absolute atomic E-state index is 11.8. The molecule has 0 fully saturated rings. The van der Waals surface area contributed by atoms with Gasteiger partial charge < -0.3 is 0 Å². The van der Waals surface area contributed by atoms with E-state index in [1.807, 2.05) is 6.07 Å². The van der Waals surface area contributed by atoms with Crippen LogP contribution in [-0.4, -0.2) is 25.7 Å². The summed E-state index contributed by atoms with van der Waals surface area (Å²) in [5.41, 5.74) is 1.44. The van der Waals surface area contributed by atoms with E-state index in [0.717, 1.165) is 12.8 Å². The van der Waals surface area contributed by atoms with Crippen LogP contribution in [0.2, 0.25) is 5.32 Å². The van der Waals surface area contributed by atoms with Crippen molar-refractivity contribution in [1.82, 2.24) is 4.73 Å². The number of hydrogen-bond acceptors (Lipinski definition) is 3. The van der Waals surface area contributed by atoms with Crippen LogP contribution in [0, 0.1) is 4.64 Å². The normalized spacial score (nSPS) is 10.5. The van der Waals surface area contributed by atoms with Gasteiger partial charge in [-0.25, -0.2) is 0 Å². The molecule has 0 saturated carbocycles. The minimum absolute atomic E-state index is 0.217. The third kappa shape index (κ3) is 7.43. The molecule has 1 aromatic heterocycles. The molecular formula is C19H23NO2SSe. The van der Waals surface area contributed by atoms with Gasteiger partial charge in [0.05, 0.1) is 0 Å². The number of benzene rings is 1. The van der Waals surface area contributed by atoms with Crippen LogP contribution in [0.5, 0.6) is 0 Å². The van der Waals surface area contributed by atoms with Crippen LogP contribution in [0.15, 0.2) is 54.7 Å². The summed E-state index contributed by atoms with van der Waals surface area (Å²) in [4.78, 5) is 17.0. The summed E-state index contributed by atoms with van der Waals surface area (Å²) in [7, 11) is 0. The number of carbonyl (C=O) groups excluding carboxylic acids is 1. The molecule has 0 aliphatic rings. The molecule has 1 heterocycles. The second-order valence-electron chi connectivity index (χ2n) is 5.53. The Balaban J connectivity index is 1.48. The van der Waals surface area contributed by atoms with Gasteiger partial charge in [-0.3, -0.25) is 0 Å². The molecule has 0 atom stereocenters. The minimum atomic E-state index is -0.217. The van der Waals surface area contributed by atoms with E-state index in [9.17, 15) is 4.79 Å². The molecule has 5 heteroatoms. The second-order valence-corrected chi connectivity index (χ2v) is 8.27. The summed E-state index contributed by atoms with van der Waals surface area (Å²) in [6.07, 6.45) is 6.52. The Morgan fingerprint density at radius 3 is 2.54 bits per heavy atom. The Morgan fingerprint density at radius 1 is 1.00 bits per heavy atom. The predicted octanol–water partition coefficient (Wildman–Crippen LogP) is 4.45. The van der Waals surface area contributed by atoms with Crippen molar-refractivity contribution >= 4 is 33.1 Å². The van der Waals surface area contributed by atoms with Crippen molar-refractivity contribution in [2.24, 2.45) is 0 Å².